The number of methoxy groups -OCH3 is 1. The Morgan fingerprint density at radius 2 is 1.51 bits per heavy atom. The fourth-order valence-electron chi connectivity index (χ4n) is 5.82. The zero-order valence-corrected chi connectivity index (χ0v) is 22.4. The van der Waals surface area contributed by atoms with Gasteiger partial charge in [0.25, 0.3) is 0 Å². The van der Waals surface area contributed by atoms with Gasteiger partial charge in [-0.3, -0.25) is 9.88 Å². The molecule has 0 saturated carbocycles. The van der Waals surface area contributed by atoms with Gasteiger partial charge in [-0.1, -0.05) is 86.6 Å². The zero-order chi connectivity index (χ0) is 25.6. The second-order valence-corrected chi connectivity index (χ2v) is 10.1. The van der Waals surface area contributed by atoms with Crippen LogP contribution in [0.15, 0.2) is 85.1 Å². The third kappa shape index (κ3) is 5.62. The minimum Gasteiger partial charge on any atom is -0.496 e. The molecule has 1 aromatic heterocycles. The van der Waals surface area contributed by atoms with Crippen LogP contribution in [-0.2, 0) is 38.8 Å². The van der Waals surface area contributed by atoms with Gasteiger partial charge in [0, 0.05) is 42.5 Å². The molecule has 0 saturated heterocycles. The van der Waals surface area contributed by atoms with Crippen LogP contribution in [0.3, 0.4) is 0 Å². The van der Waals surface area contributed by atoms with Gasteiger partial charge in [-0.2, -0.15) is 0 Å². The largest absolute Gasteiger partial charge is 0.496 e. The van der Waals surface area contributed by atoms with Gasteiger partial charge in [-0.25, -0.2) is 0 Å². The highest BCUT2D eigenvalue weighted by atomic mass is 16.5. The van der Waals surface area contributed by atoms with Crippen molar-refractivity contribution in [2.45, 2.75) is 65.1 Å². The van der Waals surface area contributed by atoms with E-state index in [1.807, 2.05) is 0 Å². The molecule has 4 aromatic rings. The standard InChI is InChI=1S/C34H38N2O/c1-4-26-16-11-17-27(5-2)34(26)32-21-33(37-3)30(22-35-32)24-36(23-25-12-7-6-8-13-25)31-19-18-28-14-9-10-15-29(28)20-31/h6-17,21-22,31H,4-5,18-20,23-24H2,1-3H3. The van der Waals surface area contributed by atoms with E-state index in [-0.39, 0.29) is 0 Å². The molecule has 0 amide bonds. The Bertz CT molecular complexity index is 1310. The van der Waals surface area contributed by atoms with Crippen LogP contribution in [0.25, 0.3) is 11.3 Å². The summed E-state index contributed by atoms with van der Waals surface area (Å²) in [5.74, 6) is 0.923. The molecule has 3 aromatic carbocycles. The minimum absolute atomic E-state index is 0.479. The maximum Gasteiger partial charge on any atom is 0.127 e. The van der Waals surface area contributed by atoms with Gasteiger partial charge < -0.3 is 4.74 Å². The Hall–Kier alpha value is -3.43. The van der Waals surface area contributed by atoms with Crippen LogP contribution in [0.2, 0.25) is 0 Å². The summed E-state index contributed by atoms with van der Waals surface area (Å²) in [5, 5.41) is 0. The van der Waals surface area contributed by atoms with Crippen LogP contribution < -0.4 is 4.74 Å². The van der Waals surface area contributed by atoms with Crippen LogP contribution in [0.5, 0.6) is 5.75 Å². The summed E-state index contributed by atoms with van der Waals surface area (Å²) in [4.78, 5) is 7.64. The van der Waals surface area contributed by atoms with Gasteiger partial charge in [-0.05, 0) is 59.9 Å². The molecular weight excluding hydrogens is 452 g/mol. The molecule has 3 heteroatoms. The highest BCUT2D eigenvalue weighted by Crippen LogP contribution is 2.33. The molecule has 37 heavy (non-hydrogen) atoms. The molecule has 0 bridgehead atoms. The molecule has 5 rings (SSSR count). The van der Waals surface area contributed by atoms with Crippen LogP contribution in [0, 0.1) is 0 Å². The number of ether oxygens (including phenoxy) is 1. The van der Waals surface area contributed by atoms with E-state index in [0.29, 0.717) is 6.04 Å². The SMILES string of the molecule is CCc1cccc(CC)c1-c1cc(OC)c(CN(Cc2ccccc2)C2CCc3ccccc3C2)cn1. The lowest BCUT2D eigenvalue weighted by molar-refractivity contribution is 0.160. The smallest absolute Gasteiger partial charge is 0.127 e. The quantitative estimate of drug-likeness (QED) is 0.244. The summed E-state index contributed by atoms with van der Waals surface area (Å²) in [6.45, 7) is 6.16. The maximum atomic E-state index is 5.98. The summed E-state index contributed by atoms with van der Waals surface area (Å²) >= 11 is 0. The van der Waals surface area contributed by atoms with E-state index in [1.165, 1.54) is 39.8 Å². The van der Waals surface area contributed by atoms with E-state index < -0.39 is 0 Å². The predicted molar refractivity (Wildman–Crippen MR) is 153 cm³/mol. The fraction of sp³-hybridized carbons (Fsp3) is 0.324. The molecule has 0 fully saturated rings. The van der Waals surface area contributed by atoms with Gasteiger partial charge in [0.05, 0.1) is 12.8 Å². The molecule has 0 aliphatic heterocycles. The molecule has 1 aliphatic carbocycles. The molecule has 1 unspecified atom stereocenters. The van der Waals surface area contributed by atoms with E-state index >= 15 is 0 Å². The number of pyridine rings is 1. The van der Waals surface area contributed by atoms with Gasteiger partial charge >= 0.3 is 0 Å². The van der Waals surface area contributed by atoms with Crippen molar-refractivity contribution in [3.63, 3.8) is 0 Å². The molecular formula is C34H38N2O. The molecule has 1 atom stereocenters. The monoisotopic (exact) mass is 490 g/mol. The van der Waals surface area contributed by atoms with E-state index in [1.54, 1.807) is 7.11 Å². The Labute approximate surface area is 222 Å². The Kier molecular flexibility index (Phi) is 8.01. The van der Waals surface area contributed by atoms with E-state index in [4.69, 9.17) is 9.72 Å². The first-order chi connectivity index (χ1) is 18.2. The van der Waals surface area contributed by atoms with Crippen molar-refractivity contribution >= 4 is 0 Å². The number of aromatic nitrogens is 1. The van der Waals surface area contributed by atoms with Crippen molar-refractivity contribution in [3.8, 4) is 17.0 Å². The van der Waals surface area contributed by atoms with Gasteiger partial charge in [0.15, 0.2) is 0 Å². The Morgan fingerprint density at radius 3 is 2.22 bits per heavy atom. The van der Waals surface area contributed by atoms with E-state index in [9.17, 15) is 0 Å². The van der Waals surface area contributed by atoms with Gasteiger partial charge in [0.1, 0.15) is 5.75 Å². The average molecular weight is 491 g/mol. The Morgan fingerprint density at radius 1 is 0.811 bits per heavy atom. The third-order valence-corrected chi connectivity index (χ3v) is 7.86. The van der Waals surface area contributed by atoms with Crippen LogP contribution in [0.4, 0.5) is 0 Å². The first-order valence-electron chi connectivity index (χ1n) is 13.7. The number of nitrogens with zero attached hydrogens (tertiary/aromatic N) is 2. The van der Waals surface area contributed by atoms with Crippen molar-refractivity contribution in [1.29, 1.82) is 0 Å². The summed E-state index contributed by atoms with van der Waals surface area (Å²) in [6.07, 6.45) is 7.41. The first kappa shape index (κ1) is 25.2. The molecule has 1 heterocycles. The number of rotatable bonds is 9. The van der Waals surface area contributed by atoms with Crippen molar-refractivity contribution in [2.24, 2.45) is 0 Å². The second kappa shape index (κ2) is 11.7. The topological polar surface area (TPSA) is 25.4 Å². The predicted octanol–water partition coefficient (Wildman–Crippen LogP) is 7.44. The molecule has 1 aliphatic rings. The van der Waals surface area contributed by atoms with Crippen LogP contribution >= 0.6 is 0 Å². The van der Waals surface area contributed by atoms with Crippen LogP contribution in [-0.4, -0.2) is 23.0 Å². The normalized spacial score (nSPS) is 15.0. The van der Waals surface area contributed by atoms with Crippen molar-refractivity contribution in [3.05, 3.63) is 118 Å². The van der Waals surface area contributed by atoms with Crippen molar-refractivity contribution in [2.75, 3.05) is 7.11 Å². The summed E-state index contributed by atoms with van der Waals surface area (Å²) < 4.78 is 5.98. The highest BCUT2D eigenvalue weighted by molar-refractivity contribution is 5.69. The fourth-order valence-corrected chi connectivity index (χ4v) is 5.82. The van der Waals surface area contributed by atoms with Crippen molar-refractivity contribution < 1.29 is 4.74 Å². The summed E-state index contributed by atoms with van der Waals surface area (Å²) in [6, 6.07) is 29.0. The van der Waals surface area contributed by atoms with Gasteiger partial charge in [0.2, 0.25) is 0 Å². The number of hydrogen-bond acceptors (Lipinski definition) is 3. The van der Waals surface area contributed by atoms with Crippen LogP contribution in [0.1, 0.15) is 53.6 Å². The number of benzene rings is 3. The van der Waals surface area contributed by atoms with E-state index in [2.05, 4.69) is 104 Å². The van der Waals surface area contributed by atoms with E-state index in [0.717, 1.165) is 55.8 Å². The molecule has 0 spiro atoms. The lowest BCUT2D eigenvalue weighted by Gasteiger charge is -2.35. The first-order valence-corrected chi connectivity index (χ1v) is 13.7. The molecule has 0 N–H and O–H groups in total. The summed E-state index contributed by atoms with van der Waals surface area (Å²) in [7, 11) is 1.79. The maximum absolute atomic E-state index is 5.98. The molecule has 0 radical (unpaired) electrons. The lowest BCUT2D eigenvalue weighted by atomic mass is 9.87. The Balaban J connectivity index is 1.47. The third-order valence-electron chi connectivity index (χ3n) is 7.86. The highest BCUT2D eigenvalue weighted by Gasteiger charge is 2.26. The summed E-state index contributed by atoms with van der Waals surface area (Å²) in [5.41, 5.74) is 10.4. The minimum atomic E-state index is 0.479. The number of hydrogen-bond donors (Lipinski definition) is 0. The van der Waals surface area contributed by atoms with Crippen molar-refractivity contribution in [1.82, 2.24) is 9.88 Å². The molecule has 190 valence electrons. The zero-order valence-electron chi connectivity index (χ0n) is 22.4. The second-order valence-electron chi connectivity index (χ2n) is 10.1. The lowest BCUT2D eigenvalue weighted by Crippen LogP contribution is -2.38. The average Bonchev–Trinajstić information content (AvgIpc) is 2.96. The number of aryl methyl sites for hydroxylation is 3. The molecule has 3 nitrogen and oxygen atoms in total. The van der Waals surface area contributed by atoms with Gasteiger partial charge in [-0.15, -0.1) is 0 Å². The number of fused-ring (bicyclic) bond motifs is 1.